The van der Waals surface area contributed by atoms with E-state index in [4.69, 9.17) is 0 Å². The third-order valence-corrected chi connectivity index (χ3v) is 3.88. The van der Waals surface area contributed by atoms with Gasteiger partial charge in [-0.3, -0.25) is 0 Å². The Bertz CT molecular complexity index is 630. The van der Waals surface area contributed by atoms with Gasteiger partial charge >= 0.3 is 6.18 Å². The molecule has 22 heavy (non-hydrogen) atoms. The summed E-state index contributed by atoms with van der Waals surface area (Å²) in [6, 6.07) is 5.69. The minimum atomic E-state index is -4.33. The molecule has 1 aromatic carbocycles. The molecule has 1 aromatic heterocycles. The lowest BCUT2D eigenvalue weighted by Crippen LogP contribution is -2.20. The Morgan fingerprint density at radius 2 is 2.00 bits per heavy atom. The van der Waals surface area contributed by atoms with E-state index in [2.05, 4.69) is 10.3 Å². The first kappa shape index (κ1) is 15.1. The van der Waals surface area contributed by atoms with Crippen molar-refractivity contribution in [3.8, 4) is 0 Å². The summed E-state index contributed by atoms with van der Waals surface area (Å²) in [4.78, 5) is 4.24. The molecule has 118 valence electrons. The van der Waals surface area contributed by atoms with Crippen LogP contribution in [0.5, 0.6) is 0 Å². The van der Waals surface area contributed by atoms with E-state index in [1.807, 2.05) is 0 Å². The zero-order chi connectivity index (χ0) is 15.6. The SMILES string of the molecule is FC(F)(F)c1ccccc1Cn1ccnc1CNCC1CC1. The monoisotopic (exact) mass is 309 g/mol. The van der Waals surface area contributed by atoms with Gasteiger partial charge in [-0.05, 0) is 36.9 Å². The number of nitrogens with zero attached hydrogens (tertiary/aromatic N) is 2. The van der Waals surface area contributed by atoms with Crippen molar-refractivity contribution < 1.29 is 13.2 Å². The van der Waals surface area contributed by atoms with Crippen LogP contribution in [0.1, 0.15) is 29.8 Å². The number of alkyl halides is 3. The summed E-state index contributed by atoms with van der Waals surface area (Å²) in [5.41, 5.74) is -0.322. The predicted molar refractivity (Wildman–Crippen MR) is 77.2 cm³/mol. The molecule has 1 fully saturated rings. The zero-order valence-corrected chi connectivity index (χ0v) is 12.1. The van der Waals surface area contributed by atoms with Crippen LogP contribution in [0, 0.1) is 5.92 Å². The summed E-state index contributed by atoms with van der Waals surface area (Å²) in [7, 11) is 0. The van der Waals surface area contributed by atoms with Crippen molar-refractivity contribution in [2.75, 3.05) is 6.54 Å². The average molecular weight is 309 g/mol. The van der Waals surface area contributed by atoms with E-state index in [-0.39, 0.29) is 12.1 Å². The van der Waals surface area contributed by atoms with Crippen molar-refractivity contribution in [1.29, 1.82) is 0 Å². The van der Waals surface area contributed by atoms with Crippen LogP contribution in [0.2, 0.25) is 0 Å². The molecule has 3 rings (SSSR count). The zero-order valence-electron chi connectivity index (χ0n) is 12.1. The van der Waals surface area contributed by atoms with Crippen LogP contribution >= 0.6 is 0 Å². The van der Waals surface area contributed by atoms with Crippen molar-refractivity contribution in [2.24, 2.45) is 5.92 Å². The van der Waals surface area contributed by atoms with E-state index in [0.29, 0.717) is 6.54 Å². The fraction of sp³-hybridized carbons (Fsp3) is 0.438. The van der Waals surface area contributed by atoms with E-state index >= 15 is 0 Å². The Kier molecular flexibility index (Phi) is 4.20. The molecule has 1 aliphatic carbocycles. The van der Waals surface area contributed by atoms with Crippen molar-refractivity contribution in [3.05, 3.63) is 53.6 Å². The van der Waals surface area contributed by atoms with Gasteiger partial charge in [0.05, 0.1) is 12.1 Å². The average Bonchev–Trinajstić information content (AvgIpc) is 3.19. The molecule has 0 spiro atoms. The molecule has 2 aromatic rings. The van der Waals surface area contributed by atoms with Crippen LogP contribution in [0.15, 0.2) is 36.7 Å². The lowest BCUT2D eigenvalue weighted by atomic mass is 10.1. The highest BCUT2D eigenvalue weighted by Gasteiger charge is 2.32. The summed E-state index contributed by atoms with van der Waals surface area (Å²) < 4.78 is 40.9. The molecule has 0 saturated heterocycles. The normalized spacial score (nSPS) is 15.2. The summed E-state index contributed by atoms with van der Waals surface area (Å²) in [5, 5.41) is 3.32. The molecule has 1 saturated carbocycles. The molecule has 1 N–H and O–H groups in total. The molecular formula is C16H18F3N3. The predicted octanol–water partition coefficient (Wildman–Crippen LogP) is 3.45. The van der Waals surface area contributed by atoms with Crippen LogP contribution in [0.3, 0.4) is 0 Å². The molecule has 0 unspecified atom stereocenters. The number of nitrogens with one attached hydrogen (secondary N) is 1. The fourth-order valence-electron chi connectivity index (χ4n) is 2.48. The summed E-state index contributed by atoms with van der Waals surface area (Å²) >= 11 is 0. The van der Waals surface area contributed by atoms with Crippen LogP contribution in [-0.4, -0.2) is 16.1 Å². The molecule has 0 amide bonds. The first-order valence-electron chi connectivity index (χ1n) is 7.40. The second kappa shape index (κ2) is 6.12. The Balaban J connectivity index is 1.72. The van der Waals surface area contributed by atoms with E-state index in [1.54, 1.807) is 23.0 Å². The van der Waals surface area contributed by atoms with Gasteiger partial charge in [-0.15, -0.1) is 0 Å². The van der Waals surface area contributed by atoms with Crippen molar-refractivity contribution in [1.82, 2.24) is 14.9 Å². The highest BCUT2D eigenvalue weighted by Crippen LogP contribution is 2.32. The van der Waals surface area contributed by atoms with Gasteiger partial charge in [0.2, 0.25) is 0 Å². The first-order chi connectivity index (χ1) is 10.5. The van der Waals surface area contributed by atoms with Gasteiger partial charge in [0.15, 0.2) is 0 Å². The van der Waals surface area contributed by atoms with Gasteiger partial charge in [-0.1, -0.05) is 18.2 Å². The van der Waals surface area contributed by atoms with Gasteiger partial charge in [0, 0.05) is 18.9 Å². The molecule has 1 aliphatic rings. The minimum absolute atomic E-state index is 0.177. The van der Waals surface area contributed by atoms with Crippen molar-refractivity contribution >= 4 is 0 Å². The highest BCUT2D eigenvalue weighted by atomic mass is 19.4. The van der Waals surface area contributed by atoms with Crippen molar-refractivity contribution in [3.63, 3.8) is 0 Å². The second-order valence-corrected chi connectivity index (χ2v) is 5.70. The molecule has 6 heteroatoms. The van der Waals surface area contributed by atoms with Gasteiger partial charge in [0.1, 0.15) is 5.82 Å². The summed E-state index contributed by atoms with van der Waals surface area (Å²) in [5.74, 6) is 1.52. The fourth-order valence-corrected chi connectivity index (χ4v) is 2.48. The van der Waals surface area contributed by atoms with Crippen LogP contribution < -0.4 is 5.32 Å². The van der Waals surface area contributed by atoms with Crippen molar-refractivity contribution in [2.45, 2.75) is 32.1 Å². The molecule has 1 heterocycles. The third kappa shape index (κ3) is 3.68. The van der Waals surface area contributed by atoms with Crippen LogP contribution in [0.25, 0.3) is 0 Å². The van der Waals surface area contributed by atoms with Gasteiger partial charge in [0.25, 0.3) is 0 Å². The maximum Gasteiger partial charge on any atom is 0.416 e. The number of hydrogen-bond donors (Lipinski definition) is 1. The lowest BCUT2D eigenvalue weighted by Gasteiger charge is -2.14. The number of hydrogen-bond acceptors (Lipinski definition) is 2. The maximum absolute atomic E-state index is 13.0. The van der Waals surface area contributed by atoms with E-state index in [9.17, 15) is 13.2 Å². The molecule has 0 atom stereocenters. The molecular weight excluding hydrogens is 291 g/mol. The van der Waals surface area contributed by atoms with E-state index in [0.717, 1.165) is 24.4 Å². The van der Waals surface area contributed by atoms with Gasteiger partial charge in [-0.2, -0.15) is 13.2 Å². The van der Waals surface area contributed by atoms with E-state index < -0.39 is 11.7 Å². The Hall–Kier alpha value is -1.82. The Morgan fingerprint density at radius 3 is 2.73 bits per heavy atom. The van der Waals surface area contributed by atoms with Crippen LogP contribution in [-0.2, 0) is 19.3 Å². The topological polar surface area (TPSA) is 29.9 Å². The Labute approximate surface area is 127 Å². The number of benzene rings is 1. The van der Waals surface area contributed by atoms with E-state index in [1.165, 1.54) is 25.0 Å². The second-order valence-electron chi connectivity index (χ2n) is 5.70. The van der Waals surface area contributed by atoms with Gasteiger partial charge in [-0.25, -0.2) is 4.98 Å². The van der Waals surface area contributed by atoms with Gasteiger partial charge < -0.3 is 9.88 Å². The highest BCUT2D eigenvalue weighted by molar-refractivity contribution is 5.30. The number of rotatable bonds is 6. The quantitative estimate of drug-likeness (QED) is 0.886. The molecule has 0 bridgehead atoms. The summed E-state index contributed by atoms with van der Waals surface area (Å²) in [6.45, 7) is 1.71. The standard InChI is InChI=1S/C16H18F3N3/c17-16(18,19)14-4-2-1-3-13(14)11-22-8-7-21-15(22)10-20-9-12-5-6-12/h1-4,7-8,12,20H,5-6,9-11H2. The lowest BCUT2D eigenvalue weighted by molar-refractivity contribution is -0.138. The smallest absolute Gasteiger partial charge is 0.329 e. The number of imidazole rings is 1. The first-order valence-corrected chi connectivity index (χ1v) is 7.40. The Morgan fingerprint density at radius 1 is 1.23 bits per heavy atom. The summed E-state index contributed by atoms with van der Waals surface area (Å²) in [6.07, 6.45) is 1.55. The molecule has 3 nitrogen and oxygen atoms in total. The third-order valence-electron chi connectivity index (χ3n) is 3.88. The largest absolute Gasteiger partial charge is 0.416 e. The molecule has 0 radical (unpaired) electrons. The number of aromatic nitrogens is 2. The molecule has 0 aliphatic heterocycles. The number of halogens is 3. The minimum Gasteiger partial charge on any atom is -0.329 e. The van der Waals surface area contributed by atoms with Crippen LogP contribution in [0.4, 0.5) is 13.2 Å². The maximum atomic E-state index is 13.0.